The van der Waals surface area contributed by atoms with Crippen molar-refractivity contribution in [1.29, 1.82) is 0 Å². The number of hydrogen-bond donors (Lipinski definition) is 1. The summed E-state index contributed by atoms with van der Waals surface area (Å²) in [6, 6.07) is 6.65. The molecule has 1 unspecified atom stereocenters. The number of allylic oxidation sites excluding steroid dienone is 1. The number of hydrogen-bond acceptors (Lipinski definition) is 3. The van der Waals surface area contributed by atoms with E-state index in [0.29, 0.717) is 24.2 Å². The molecule has 0 aliphatic carbocycles. The van der Waals surface area contributed by atoms with Gasteiger partial charge >= 0.3 is 0 Å². The molecular weight excluding hydrogens is 295 g/mol. The number of aliphatic hydroxyl groups is 1. The summed E-state index contributed by atoms with van der Waals surface area (Å²) in [6.45, 7) is 6.75. The van der Waals surface area contributed by atoms with Crippen LogP contribution in [0.3, 0.4) is 0 Å². The molecular formula is C18H25FN2O2. The molecule has 0 saturated carbocycles. The third-order valence-corrected chi connectivity index (χ3v) is 4.46. The maximum Gasteiger partial charge on any atom is 0.246 e. The van der Waals surface area contributed by atoms with E-state index in [-0.39, 0.29) is 24.4 Å². The standard InChI is InChI=1S/C18H25FN2O2/c1-3-15(13-22)20-8-10-21(11-9-20)18(23)12-14(2)16-6-4-5-7-17(16)19/h4-7,12,15,22H,3,8-11,13H2,1-2H3/b14-12-. The molecule has 1 atom stereocenters. The van der Waals surface area contributed by atoms with Crippen molar-refractivity contribution < 1.29 is 14.3 Å². The van der Waals surface area contributed by atoms with Crippen molar-refractivity contribution in [3.63, 3.8) is 0 Å². The largest absolute Gasteiger partial charge is 0.395 e. The molecule has 5 heteroatoms. The highest BCUT2D eigenvalue weighted by molar-refractivity contribution is 5.95. The van der Waals surface area contributed by atoms with Gasteiger partial charge in [0.25, 0.3) is 0 Å². The van der Waals surface area contributed by atoms with E-state index in [1.807, 2.05) is 0 Å². The van der Waals surface area contributed by atoms with Crippen molar-refractivity contribution in [2.75, 3.05) is 32.8 Å². The second-order valence-corrected chi connectivity index (χ2v) is 5.91. The average Bonchev–Trinajstić information content (AvgIpc) is 2.57. The molecule has 4 nitrogen and oxygen atoms in total. The number of rotatable bonds is 5. The maximum atomic E-state index is 13.8. The van der Waals surface area contributed by atoms with Gasteiger partial charge < -0.3 is 10.0 Å². The molecule has 1 N–H and O–H groups in total. The molecule has 1 aliphatic rings. The van der Waals surface area contributed by atoms with Crippen LogP contribution in [0.25, 0.3) is 5.57 Å². The van der Waals surface area contributed by atoms with Crippen LogP contribution < -0.4 is 0 Å². The summed E-state index contributed by atoms with van der Waals surface area (Å²) in [5.41, 5.74) is 1.10. The zero-order chi connectivity index (χ0) is 16.8. The highest BCUT2D eigenvalue weighted by Gasteiger charge is 2.24. The summed E-state index contributed by atoms with van der Waals surface area (Å²) in [4.78, 5) is 16.4. The molecule has 1 aromatic rings. The van der Waals surface area contributed by atoms with E-state index in [2.05, 4.69) is 11.8 Å². The fourth-order valence-electron chi connectivity index (χ4n) is 2.95. The van der Waals surface area contributed by atoms with Crippen molar-refractivity contribution in [1.82, 2.24) is 9.80 Å². The Morgan fingerprint density at radius 2 is 1.96 bits per heavy atom. The molecule has 1 fully saturated rings. The van der Waals surface area contributed by atoms with Crippen molar-refractivity contribution in [2.24, 2.45) is 0 Å². The highest BCUT2D eigenvalue weighted by Crippen LogP contribution is 2.18. The van der Waals surface area contributed by atoms with E-state index >= 15 is 0 Å². The number of nitrogens with zero attached hydrogens (tertiary/aromatic N) is 2. The van der Waals surface area contributed by atoms with Gasteiger partial charge in [0.05, 0.1) is 6.61 Å². The second kappa shape index (κ2) is 8.22. The summed E-state index contributed by atoms with van der Waals surface area (Å²) in [5.74, 6) is -0.393. The Morgan fingerprint density at radius 3 is 2.52 bits per heavy atom. The molecule has 1 saturated heterocycles. The first-order valence-corrected chi connectivity index (χ1v) is 8.13. The van der Waals surface area contributed by atoms with Crippen molar-refractivity contribution in [3.8, 4) is 0 Å². The second-order valence-electron chi connectivity index (χ2n) is 5.91. The van der Waals surface area contributed by atoms with E-state index in [1.54, 1.807) is 30.0 Å². The zero-order valence-corrected chi connectivity index (χ0v) is 13.8. The zero-order valence-electron chi connectivity index (χ0n) is 13.8. The van der Waals surface area contributed by atoms with Gasteiger partial charge in [0, 0.05) is 43.9 Å². The smallest absolute Gasteiger partial charge is 0.246 e. The third-order valence-electron chi connectivity index (χ3n) is 4.46. The van der Waals surface area contributed by atoms with Gasteiger partial charge in [-0.15, -0.1) is 0 Å². The van der Waals surface area contributed by atoms with Gasteiger partial charge in [-0.3, -0.25) is 9.69 Å². The fraction of sp³-hybridized carbons (Fsp3) is 0.500. The molecule has 1 amide bonds. The van der Waals surface area contributed by atoms with Crippen LogP contribution in [0.2, 0.25) is 0 Å². The van der Waals surface area contributed by atoms with Crippen molar-refractivity contribution >= 4 is 11.5 Å². The Hall–Kier alpha value is -1.72. The predicted molar refractivity (Wildman–Crippen MR) is 89.4 cm³/mol. The SMILES string of the molecule is CCC(CO)N1CCN(C(=O)/C=C(/C)c2ccccc2F)CC1. The van der Waals surface area contributed by atoms with Crippen LogP contribution in [0.4, 0.5) is 4.39 Å². The Balaban J connectivity index is 1.97. The summed E-state index contributed by atoms with van der Waals surface area (Å²) in [5, 5.41) is 9.36. The number of amides is 1. The number of benzene rings is 1. The molecule has 126 valence electrons. The summed E-state index contributed by atoms with van der Waals surface area (Å²) in [6.07, 6.45) is 2.41. The quantitative estimate of drug-likeness (QED) is 0.846. The summed E-state index contributed by atoms with van der Waals surface area (Å²) < 4.78 is 13.8. The first-order chi connectivity index (χ1) is 11.1. The Morgan fingerprint density at radius 1 is 1.30 bits per heavy atom. The Bertz CT molecular complexity index is 562. The lowest BCUT2D eigenvalue weighted by Gasteiger charge is -2.38. The molecule has 2 rings (SSSR count). The lowest BCUT2D eigenvalue weighted by atomic mass is 10.1. The van der Waals surface area contributed by atoms with Crippen LogP contribution in [0.15, 0.2) is 30.3 Å². The van der Waals surface area contributed by atoms with E-state index in [0.717, 1.165) is 19.5 Å². The van der Waals surface area contributed by atoms with Crippen LogP contribution in [-0.4, -0.2) is 59.6 Å². The predicted octanol–water partition coefficient (Wildman–Crippen LogP) is 2.14. The van der Waals surface area contributed by atoms with Crippen LogP contribution >= 0.6 is 0 Å². The number of halogens is 1. The number of aliphatic hydroxyl groups excluding tert-OH is 1. The Kier molecular flexibility index (Phi) is 6.30. The number of carbonyl (C=O) groups is 1. The summed E-state index contributed by atoms with van der Waals surface area (Å²) in [7, 11) is 0. The first-order valence-electron chi connectivity index (χ1n) is 8.13. The molecule has 0 bridgehead atoms. The average molecular weight is 320 g/mol. The molecule has 1 aromatic carbocycles. The van der Waals surface area contributed by atoms with Gasteiger partial charge in [-0.25, -0.2) is 4.39 Å². The minimum atomic E-state index is -0.312. The van der Waals surface area contributed by atoms with E-state index in [1.165, 1.54) is 12.1 Å². The van der Waals surface area contributed by atoms with Crippen molar-refractivity contribution in [3.05, 3.63) is 41.7 Å². The van der Waals surface area contributed by atoms with Gasteiger partial charge in [0.1, 0.15) is 5.82 Å². The van der Waals surface area contributed by atoms with Gasteiger partial charge in [-0.1, -0.05) is 25.1 Å². The Labute approximate surface area is 137 Å². The van der Waals surface area contributed by atoms with Crippen molar-refractivity contribution in [2.45, 2.75) is 26.3 Å². The minimum absolute atomic E-state index is 0.0811. The van der Waals surface area contributed by atoms with Crippen LogP contribution in [0.5, 0.6) is 0 Å². The number of carbonyl (C=O) groups excluding carboxylic acids is 1. The van der Waals surface area contributed by atoms with Gasteiger partial charge in [-0.05, 0) is 25.0 Å². The summed E-state index contributed by atoms with van der Waals surface area (Å²) >= 11 is 0. The third kappa shape index (κ3) is 4.39. The molecule has 1 heterocycles. The van der Waals surface area contributed by atoms with E-state index in [4.69, 9.17) is 0 Å². The van der Waals surface area contributed by atoms with Gasteiger partial charge in [0.2, 0.25) is 5.91 Å². The molecule has 1 aliphatic heterocycles. The highest BCUT2D eigenvalue weighted by atomic mass is 19.1. The van der Waals surface area contributed by atoms with Crippen LogP contribution in [0.1, 0.15) is 25.8 Å². The van der Waals surface area contributed by atoms with E-state index < -0.39 is 0 Å². The van der Waals surface area contributed by atoms with Crippen LogP contribution in [0, 0.1) is 5.82 Å². The lowest BCUT2D eigenvalue weighted by molar-refractivity contribution is -0.128. The molecule has 0 spiro atoms. The van der Waals surface area contributed by atoms with Crippen LogP contribution in [-0.2, 0) is 4.79 Å². The van der Waals surface area contributed by atoms with E-state index in [9.17, 15) is 14.3 Å². The van der Waals surface area contributed by atoms with Gasteiger partial charge in [0.15, 0.2) is 0 Å². The molecule has 0 radical (unpaired) electrons. The molecule has 23 heavy (non-hydrogen) atoms. The monoisotopic (exact) mass is 320 g/mol. The topological polar surface area (TPSA) is 43.8 Å². The lowest BCUT2D eigenvalue weighted by Crippen LogP contribution is -2.52. The van der Waals surface area contributed by atoms with Gasteiger partial charge in [-0.2, -0.15) is 0 Å². The first kappa shape index (κ1) is 17.6. The minimum Gasteiger partial charge on any atom is -0.395 e. The number of piperazine rings is 1. The maximum absolute atomic E-state index is 13.8. The molecule has 0 aromatic heterocycles. The fourth-order valence-corrected chi connectivity index (χ4v) is 2.95. The normalized spacial score (nSPS) is 18.1.